The maximum Gasteiger partial charge on any atom is 0.261 e. The number of rotatable bonds is 3. The zero-order valence-electron chi connectivity index (χ0n) is 12.6. The van der Waals surface area contributed by atoms with Gasteiger partial charge in [0.25, 0.3) is 11.8 Å². The predicted octanol–water partition coefficient (Wildman–Crippen LogP) is 1.67. The van der Waals surface area contributed by atoms with Gasteiger partial charge in [0.05, 0.1) is 11.1 Å². The lowest BCUT2D eigenvalue weighted by Gasteiger charge is -2.30. The molecule has 0 spiro atoms. The average molecular weight is 287 g/mol. The Balaban J connectivity index is 1.68. The Labute approximate surface area is 124 Å². The number of hydrogen-bond acceptors (Lipinski definition) is 4. The summed E-state index contributed by atoms with van der Waals surface area (Å²) >= 11 is 0. The highest BCUT2D eigenvalue weighted by Gasteiger charge is 2.32. The zero-order valence-corrected chi connectivity index (χ0v) is 12.6. The highest BCUT2D eigenvalue weighted by molar-refractivity contribution is 6.21. The number of anilines is 1. The van der Waals surface area contributed by atoms with Crippen molar-refractivity contribution in [3.63, 3.8) is 0 Å². The van der Waals surface area contributed by atoms with Crippen molar-refractivity contribution < 1.29 is 9.59 Å². The molecule has 2 amide bonds. The number of carbonyl (C=O) groups is 2. The van der Waals surface area contributed by atoms with Crippen molar-refractivity contribution >= 4 is 17.5 Å². The van der Waals surface area contributed by atoms with Gasteiger partial charge in [0, 0.05) is 25.8 Å². The van der Waals surface area contributed by atoms with Crippen LogP contribution in [0.15, 0.2) is 18.2 Å². The molecular weight excluding hydrogens is 266 g/mol. The molecule has 1 atom stereocenters. The molecule has 0 aromatic heterocycles. The topological polar surface area (TPSA) is 52.7 Å². The molecule has 2 heterocycles. The van der Waals surface area contributed by atoms with Crippen molar-refractivity contribution in [3.05, 3.63) is 29.3 Å². The fraction of sp³-hybridized carbons (Fsp3) is 0.500. The first-order valence-electron chi connectivity index (χ1n) is 7.45. The standard InChI is InChI=1S/C16H21N3O2/c1-18-7-3-4-11(10-18)9-17-12-5-6-13-14(8-12)16(21)19(2)15(13)20/h5-6,8,11,17H,3-4,7,9-10H2,1-2H3. The third kappa shape index (κ3) is 2.65. The van der Waals surface area contributed by atoms with E-state index in [4.69, 9.17) is 0 Å². The highest BCUT2D eigenvalue weighted by Crippen LogP contribution is 2.25. The number of carbonyl (C=O) groups excluding carboxylic acids is 2. The first kappa shape index (κ1) is 14.1. The molecule has 3 rings (SSSR count). The number of fused-ring (bicyclic) bond motifs is 1. The van der Waals surface area contributed by atoms with Crippen LogP contribution in [0.25, 0.3) is 0 Å². The van der Waals surface area contributed by atoms with Gasteiger partial charge in [-0.2, -0.15) is 0 Å². The molecule has 5 heteroatoms. The summed E-state index contributed by atoms with van der Waals surface area (Å²) in [7, 11) is 3.68. The van der Waals surface area contributed by atoms with Crippen LogP contribution in [0.5, 0.6) is 0 Å². The number of likely N-dealkylation sites (tertiary alicyclic amines) is 1. The second-order valence-corrected chi connectivity index (χ2v) is 6.08. The SMILES string of the molecule is CN1CCCC(CNc2ccc3c(c2)C(=O)N(C)C3=O)C1. The van der Waals surface area contributed by atoms with Gasteiger partial charge in [-0.3, -0.25) is 14.5 Å². The van der Waals surface area contributed by atoms with E-state index in [-0.39, 0.29) is 11.8 Å². The average Bonchev–Trinajstić information content (AvgIpc) is 2.70. The van der Waals surface area contributed by atoms with E-state index in [0.29, 0.717) is 17.0 Å². The second-order valence-electron chi connectivity index (χ2n) is 6.08. The monoisotopic (exact) mass is 287 g/mol. The van der Waals surface area contributed by atoms with Crippen LogP contribution in [0.1, 0.15) is 33.6 Å². The van der Waals surface area contributed by atoms with Crippen LogP contribution in [-0.4, -0.2) is 55.3 Å². The van der Waals surface area contributed by atoms with Crippen LogP contribution in [0.3, 0.4) is 0 Å². The number of nitrogens with zero attached hydrogens (tertiary/aromatic N) is 2. The number of hydrogen-bond donors (Lipinski definition) is 1. The number of amides is 2. The van der Waals surface area contributed by atoms with Crippen LogP contribution in [0.4, 0.5) is 5.69 Å². The van der Waals surface area contributed by atoms with Gasteiger partial charge in [0.1, 0.15) is 0 Å². The minimum Gasteiger partial charge on any atom is -0.385 e. The first-order valence-corrected chi connectivity index (χ1v) is 7.45. The number of benzene rings is 1. The summed E-state index contributed by atoms with van der Waals surface area (Å²) in [5.41, 5.74) is 1.93. The Morgan fingerprint density at radius 3 is 2.71 bits per heavy atom. The van der Waals surface area contributed by atoms with Crippen molar-refractivity contribution in [2.75, 3.05) is 39.0 Å². The Morgan fingerprint density at radius 1 is 1.19 bits per heavy atom. The van der Waals surface area contributed by atoms with Crippen molar-refractivity contribution in [2.24, 2.45) is 5.92 Å². The normalized spacial score (nSPS) is 22.6. The third-order valence-corrected chi connectivity index (χ3v) is 4.41. The summed E-state index contributed by atoms with van der Waals surface area (Å²) < 4.78 is 0. The molecule has 5 nitrogen and oxygen atoms in total. The fourth-order valence-electron chi connectivity index (χ4n) is 3.17. The third-order valence-electron chi connectivity index (χ3n) is 4.41. The largest absolute Gasteiger partial charge is 0.385 e. The lowest BCUT2D eigenvalue weighted by Crippen LogP contribution is -2.35. The van der Waals surface area contributed by atoms with Gasteiger partial charge in [0.15, 0.2) is 0 Å². The Hall–Kier alpha value is -1.88. The molecule has 1 aromatic rings. The molecule has 0 saturated carbocycles. The van der Waals surface area contributed by atoms with Crippen LogP contribution >= 0.6 is 0 Å². The molecule has 1 N–H and O–H groups in total. The van der Waals surface area contributed by atoms with Crippen molar-refractivity contribution in [3.8, 4) is 0 Å². The predicted molar refractivity (Wildman–Crippen MR) is 81.6 cm³/mol. The fourth-order valence-corrected chi connectivity index (χ4v) is 3.17. The number of piperidine rings is 1. The minimum absolute atomic E-state index is 0.212. The van der Waals surface area contributed by atoms with Gasteiger partial charge in [-0.05, 0) is 50.6 Å². The van der Waals surface area contributed by atoms with E-state index in [1.807, 2.05) is 6.07 Å². The summed E-state index contributed by atoms with van der Waals surface area (Å²) in [5.74, 6) is 0.212. The van der Waals surface area contributed by atoms with Crippen molar-refractivity contribution in [1.29, 1.82) is 0 Å². The van der Waals surface area contributed by atoms with E-state index in [1.165, 1.54) is 31.3 Å². The summed E-state index contributed by atoms with van der Waals surface area (Å²) in [6, 6.07) is 5.43. The summed E-state index contributed by atoms with van der Waals surface area (Å²) in [6.45, 7) is 3.19. The Bertz CT molecular complexity index is 585. The van der Waals surface area contributed by atoms with Gasteiger partial charge in [-0.25, -0.2) is 0 Å². The molecule has 2 aliphatic rings. The molecule has 2 aliphatic heterocycles. The van der Waals surface area contributed by atoms with Gasteiger partial charge in [-0.1, -0.05) is 0 Å². The lowest BCUT2D eigenvalue weighted by molar-refractivity contribution is 0.0693. The van der Waals surface area contributed by atoms with Gasteiger partial charge < -0.3 is 10.2 Å². The second kappa shape index (κ2) is 5.48. The number of imide groups is 1. The van der Waals surface area contributed by atoms with Crippen LogP contribution in [0, 0.1) is 5.92 Å². The molecule has 1 unspecified atom stereocenters. The molecule has 112 valence electrons. The van der Waals surface area contributed by atoms with Crippen molar-refractivity contribution in [1.82, 2.24) is 9.80 Å². The molecular formula is C16H21N3O2. The Morgan fingerprint density at radius 2 is 1.95 bits per heavy atom. The maximum absolute atomic E-state index is 12.0. The Kier molecular flexibility index (Phi) is 3.68. The van der Waals surface area contributed by atoms with E-state index in [0.717, 1.165) is 18.8 Å². The molecule has 1 saturated heterocycles. The summed E-state index contributed by atoms with van der Waals surface area (Å²) in [5, 5.41) is 3.41. The quantitative estimate of drug-likeness (QED) is 0.859. The van der Waals surface area contributed by atoms with Crippen LogP contribution in [0.2, 0.25) is 0 Å². The van der Waals surface area contributed by atoms with E-state index in [9.17, 15) is 9.59 Å². The molecule has 0 aliphatic carbocycles. The van der Waals surface area contributed by atoms with E-state index < -0.39 is 0 Å². The lowest BCUT2D eigenvalue weighted by atomic mass is 9.98. The molecule has 1 fully saturated rings. The molecule has 21 heavy (non-hydrogen) atoms. The van der Waals surface area contributed by atoms with E-state index >= 15 is 0 Å². The smallest absolute Gasteiger partial charge is 0.261 e. The molecule has 0 radical (unpaired) electrons. The maximum atomic E-state index is 12.0. The summed E-state index contributed by atoms with van der Waals surface area (Å²) in [6.07, 6.45) is 2.48. The van der Waals surface area contributed by atoms with Crippen LogP contribution < -0.4 is 5.32 Å². The molecule has 1 aromatic carbocycles. The summed E-state index contributed by atoms with van der Waals surface area (Å²) in [4.78, 5) is 27.3. The minimum atomic E-state index is -0.213. The van der Waals surface area contributed by atoms with Gasteiger partial charge in [-0.15, -0.1) is 0 Å². The highest BCUT2D eigenvalue weighted by atomic mass is 16.2. The van der Waals surface area contributed by atoms with Gasteiger partial charge >= 0.3 is 0 Å². The van der Waals surface area contributed by atoms with E-state index in [1.54, 1.807) is 12.1 Å². The van der Waals surface area contributed by atoms with Crippen molar-refractivity contribution in [2.45, 2.75) is 12.8 Å². The van der Waals surface area contributed by atoms with Crippen LogP contribution in [-0.2, 0) is 0 Å². The van der Waals surface area contributed by atoms with E-state index in [2.05, 4.69) is 17.3 Å². The first-order chi connectivity index (χ1) is 10.1. The molecule has 0 bridgehead atoms. The number of nitrogens with one attached hydrogen (secondary N) is 1. The van der Waals surface area contributed by atoms with Gasteiger partial charge in [0.2, 0.25) is 0 Å². The zero-order chi connectivity index (χ0) is 15.0.